The van der Waals surface area contributed by atoms with Gasteiger partial charge in [-0.25, -0.2) is 18.1 Å². The predicted molar refractivity (Wildman–Crippen MR) is 63.0 cm³/mol. The van der Waals surface area contributed by atoms with Gasteiger partial charge >= 0.3 is 0 Å². The van der Waals surface area contributed by atoms with Gasteiger partial charge in [-0.2, -0.15) is 0 Å². The van der Waals surface area contributed by atoms with E-state index in [9.17, 15) is 8.42 Å². The van der Waals surface area contributed by atoms with Crippen LogP contribution >= 0.6 is 11.6 Å². The van der Waals surface area contributed by atoms with Gasteiger partial charge in [-0.05, 0) is 5.92 Å². The Morgan fingerprint density at radius 2 is 2.31 bits per heavy atom. The Morgan fingerprint density at radius 3 is 2.81 bits per heavy atom. The van der Waals surface area contributed by atoms with Crippen LogP contribution in [0.3, 0.4) is 0 Å². The molecule has 0 saturated carbocycles. The van der Waals surface area contributed by atoms with E-state index in [0.29, 0.717) is 24.7 Å². The van der Waals surface area contributed by atoms with Gasteiger partial charge in [0.05, 0.1) is 6.20 Å². The molecule has 16 heavy (non-hydrogen) atoms. The lowest BCUT2D eigenvalue weighted by atomic mass is 10.2. The van der Waals surface area contributed by atoms with Crippen LogP contribution in [-0.2, 0) is 16.4 Å². The number of halogens is 1. The number of rotatable bonds is 6. The third-order valence-corrected chi connectivity index (χ3v) is 3.97. The monoisotopic (exact) mass is 265 g/mol. The number of imidazole rings is 1. The fourth-order valence-electron chi connectivity index (χ4n) is 1.04. The summed E-state index contributed by atoms with van der Waals surface area (Å²) < 4.78 is 26.0. The maximum absolute atomic E-state index is 11.8. The van der Waals surface area contributed by atoms with E-state index in [0.717, 1.165) is 0 Å². The van der Waals surface area contributed by atoms with E-state index < -0.39 is 10.0 Å². The highest BCUT2D eigenvalue weighted by atomic mass is 35.5. The highest BCUT2D eigenvalue weighted by Crippen LogP contribution is 2.06. The second-order valence-electron chi connectivity index (χ2n) is 3.66. The molecule has 0 amide bonds. The van der Waals surface area contributed by atoms with E-state index >= 15 is 0 Å². The molecule has 1 heterocycles. The number of nitrogens with one attached hydrogen (secondary N) is 2. The first-order valence-electron chi connectivity index (χ1n) is 5.09. The molecule has 1 aromatic rings. The minimum Gasteiger partial charge on any atom is -0.332 e. The SMILES string of the molecule is CCc1ncc(S(=O)(=O)NCC(C)CCl)[nH]1. The van der Waals surface area contributed by atoms with Crippen molar-refractivity contribution in [3.05, 3.63) is 12.0 Å². The Hall–Kier alpha value is -0.590. The zero-order valence-corrected chi connectivity index (χ0v) is 10.9. The Balaban J connectivity index is 2.70. The zero-order valence-electron chi connectivity index (χ0n) is 9.33. The lowest BCUT2D eigenvalue weighted by Crippen LogP contribution is -2.29. The van der Waals surface area contributed by atoms with Crippen LogP contribution in [0.4, 0.5) is 0 Å². The molecule has 0 fully saturated rings. The van der Waals surface area contributed by atoms with Crippen LogP contribution in [0.15, 0.2) is 11.2 Å². The predicted octanol–water partition coefficient (Wildman–Crippen LogP) is 1.13. The van der Waals surface area contributed by atoms with Crippen molar-refractivity contribution in [3.63, 3.8) is 0 Å². The number of alkyl halides is 1. The molecule has 1 rings (SSSR count). The smallest absolute Gasteiger partial charge is 0.257 e. The van der Waals surface area contributed by atoms with Crippen molar-refractivity contribution in [2.75, 3.05) is 12.4 Å². The molecule has 7 heteroatoms. The van der Waals surface area contributed by atoms with Crippen molar-refractivity contribution in [1.82, 2.24) is 14.7 Å². The first kappa shape index (κ1) is 13.5. The van der Waals surface area contributed by atoms with Gasteiger partial charge in [0.25, 0.3) is 10.0 Å². The van der Waals surface area contributed by atoms with Crippen molar-refractivity contribution in [3.8, 4) is 0 Å². The highest BCUT2D eigenvalue weighted by Gasteiger charge is 2.17. The van der Waals surface area contributed by atoms with Gasteiger partial charge in [-0.3, -0.25) is 0 Å². The molecule has 0 spiro atoms. The second kappa shape index (κ2) is 5.65. The number of hydrogen-bond acceptors (Lipinski definition) is 3. The molecule has 0 bridgehead atoms. The quantitative estimate of drug-likeness (QED) is 0.757. The van der Waals surface area contributed by atoms with Gasteiger partial charge in [0.15, 0.2) is 5.03 Å². The third-order valence-electron chi connectivity index (χ3n) is 2.11. The molecule has 5 nitrogen and oxygen atoms in total. The van der Waals surface area contributed by atoms with Crippen molar-refractivity contribution < 1.29 is 8.42 Å². The minimum absolute atomic E-state index is 0.102. The Morgan fingerprint density at radius 1 is 1.62 bits per heavy atom. The van der Waals surface area contributed by atoms with Gasteiger partial charge in [0.1, 0.15) is 5.82 Å². The summed E-state index contributed by atoms with van der Waals surface area (Å²) in [5.41, 5.74) is 0. The first-order chi connectivity index (χ1) is 7.49. The summed E-state index contributed by atoms with van der Waals surface area (Å²) in [5, 5.41) is 0.103. The average molecular weight is 266 g/mol. The Bertz CT molecular complexity index is 430. The molecule has 0 aromatic carbocycles. The van der Waals surface area contributed by atoms with Crippen molar-refractivity contribution >= 4 is 21.6 Å². The topological polar surface area (TPSA) is 74.8 Å². The number of aromatic nitrogens is 2. The maximum Gasteiger partial charge on any atom is 0.257 e. The zero-order chi connectivity index (χ0) is 12.2. The molecule has 0 aliphatic heterocycles. The van der Waals surface area contributed by atoms with E-state index in [1.807, 2.05) is 13.8 Å². The molecule has 2 N–H and O–H groups in total. The fraction of sp³-hybridized carbons (Fsp3) is 0.667. The maximum atomic E-state index is 11.8. The van der Waals surface area contributed by atoms with Crippen LogP contribution in [0, 0.1) is 5.92 Å². The largest absolute Gasteiger partial charge is 0.332 e. The molecule has 0 radical (unpaired) electrons. The van der Waals surface area contributed by atoms with E-state index in [-0.39, 0.29) is 10.9 Å². The van der Waals surface area contributed by atoms with E-state index in [1.54, 1.807) is 0 Å². The number of H-pyrrole nitrogens is 1. The molecule has 92 valence electrons. The van der Waals surface area contributed by atoms with Crippen LogP contribution in [0.5, 0.6) is 0 Å². The molecule has 1 unspecified atom stereocenters. The normalized spacial score (nSPS) is 13.9. The Labute approximate surface area is 101 Å². The van der Waals surface area contributed by atoms with Gasteiger partial charge in [-0.1, -0.05) is 13.8 Å². The molecule has 0 saturated heterocycles. The van der Waals surface area contributed by atoms with Crippen LogP contribution in [-0.4, -0.2) is 30.8 Å². The number of aromatic amines is 1. The molecule has 1 atom stereocenters. The van der Waals surface area contributed by atoms with Gasteiger partial charge in [0, 0.05) is 18.8 Å². The summed E-state index contributed by atoms with van der Waals surface area (Å²) in [6.07, 6.45) is 2.00. The summed E-state index contributed by atoms with van der Waals surface area (Å²) in [6.45, 7) is 4.10. The number of sulfonamides is 1. The van der Waals surface area contributed by atoms with E-state index in [2.05, 4.69) is 14.7 Å². The third kappa shape index (κ3) is 3.47. The highest BCUT2D eigenvalue weighted by molar-refractivity contribution is 7.89. The van der Waals surface area contributed by atoms with Gasteiger partial charge < -0.3 is 4.98 Å². The van der Waals surface area contributed by atoms with Gasteiger partial charge in [0.2, 0.25) is 0 Å². The lowest BCUT2D eigenvalue weighted by molar-refractivity contribution is 0.559. The van der Waals surface area contributed by atoms with Gasteiger partial charge in [-0.15, -0.1) is 11.6 Å². The van der Waals surface area contributed by atoms with Crippen LogP contribution in [0.25, 0.3) is 0 Å². The molecule has 0 aliphatic carbocycles. The van der Waals surface area contributed by atoms with Crippen LogP contribution in [0.1, 0.15) is 19.7 Å². The lowest BCUT2D eigenvalue weighted by Gasteiger charge is -2.08. The van der Waals surface area contributed by atoms with Crippen LogP contribution in [0.2, 0.25) is 0 Å². The van der Waals surface area contributed by atoms with E-state index in [4.69, 9.17) is 11.6 Å². The summed E-state index contributed by atoms with van der Waals surface area (Å²) in [7, 11) is -3.48. The molecular weight excluding hydrogens is 250 g/mol. The fourth-order valence-corrected chi connectivity index (χ4v) is 2.26. The van der Waals surface area contributed by atoms with Crippen molar-refractivity contribution in [2.24, 2.45) is 5.92 Å². The van der Waals surface area contributed by atoms with Crippen molar-refractivity contribution in [2.45, 2.75) is 25.3 Å². The van der Waals surface area contributed by atoms with Crippen molar-refractivity contribution in [1.29, 1.82) is 0 Å². The molecule has 1 aromatic heterocycles. The average Bonchev–Trinajstić information content (AvgIpc) is 2.75. The Kier molecular flexibility index (Phi) is 4.76. The number of hydrogen-bond donors (Lipinski definition) is 2. The second-order valence-corrected chi connectivity index (χ2v) is 5.70. The standard InChI is InChI=1S/C9H16ClN3O2S/c1-3-8-11-6-9(13-8)16(14,15)12-5-7(2)4-10/h6-7,12H,3-5H2,1-2H3,(H,11,13). The molecule has 0 aliphatic rings. The number of nitrogens with zero attached hydrogens (tertiary/aromatic N) is 1. The summed E-state index contributed by atoms with van der Waals surface area (Å²) in [5.74, 6) is 1.18. The molecular formula is C9H16ClN3O2S. The van der Waals surface area contributed by atoms with E-state index in [1.165, 1.54) is 6.20 Å². The number of aryl methyl sites for hydroxylation is 1. The summed E-state index contributed by atoms with van der Waals surface area (Å²) in [6, 6.07) is 0. The first-order valence-corrected chi connectivity index (χ1v) is 7.11. The van der Waals surface area contributed by atoms with Crippen LogP contribution < -0.4 is 4.72 Å². The summed E-state index contributed by atoms with van der Waals surface area (Å²) in [4.78, 5) is 6.70. The minimum atomic E-state index is -3.48. The summed E-state index contributed by atoms with van der Waals surface area (Å²) >= 11 is 5.60.